The van der Waals surface area contributed by atoms with E-state index in [1.807, 2.05) is 0 Å². The molecule has 0 aliphatic rings. The van der Waals surface area contributed by atoms with Gasteiger partial charge in [-0.1, -0.05) is 83.3 Å². The van der Waals surface area contributed by atoms with Crippen molar-refractivity contribution in [3.05, 3.63) is 81.8 Å². The molecule has 0 saturated carbocycles. The Morgan fingerprint density at radius 3 is 1.45 bits per heavy atom. The average Bonchev–Trinajstić information content (AvgIpc) is 3.62. The summed E-state index contributed by atoms with van der Waals surface area (Å²) in [5.74, 6) is -1.04. The molecule has 0 fully saturated rings. The highest BCUT2D eigenvalue weighted by Crippen LogP contribution is 2.24. The van der Waals surface area contributed by atoms with Gasteiger partial charge in [0.2, 0.25) is 22.5 Å². The Bertz CT molecular complexity index is 1310. The van der Waals surface area contributed by atoms with Gasteiger partial charge in [0.05, 0.1) is 0 Å². The first-order valence-electron chi connectivity index (χ1n) is 12.1. The summed E-state index contributed by atoms with van der Waals surface area (Å²) in [5.41, 5.74) is 1.09. The average molecular weight is 581 g/mol. The van der Waals surface area contributed by atoms with Crippen LogP contribution >= 0.6 is 22.7 Å². The van der Waals surface area contributed by atoms with E-state index in [2.05, 4.69) is 31.0 Å². The van der Waals surface area contributed by atoms with Crippen LogP contribution in [0.4, 0.5) is 10.3 Å². The summed E-state index contributed by atoms with van der Waals surface area (Å²) in [6, 6.07) is 17.4. The molecule has 0 bridgehead atoms. The summed E-state index contributed by atoms with van der Waals surface area (Å²) >= 11 is 2.49. The summed E-state index contributed by atoms with van der Waals surface area (Å²) in [7, 11) is 0. The fraction of sp³-hybridized carbons (Fsp3) is 0.231. The van der Waals surface area contributed by atoms with Crippen molar-refractivity contribution in [3.63, 3.8) is 0 Å². The lowest BCUT2D eigenvalue weighted by molar-refractivity contribution is -0.142. The minimum absolute atomic E-state index is 0.237. The summed E-state index contributed by atoms with van der Waals surface area (Å²) in [4.78, 5) is 47.0. The molecular weight excluding hydrogens is 556 g/mol. The molecule has 0 aliphatic heterocycles. The van der Waals surface area contributed by atoms with Crippen LogP contribution in [0.15, 0.2) is 60.7 Å². The Morgan fingerprint density at radius 1 is 0.675 bits per heavy atom. The van der Waals surface area contributed by atoms with Crippen LogP contribution in [0.25, 0.3) is 0 Å². The Morgan fingerprint density at radius 2 is 1.07 bits per heavy atom. The third-order valence-electron chi connectivity index (χ3n) is 5.49. The number of amides is 2. The molecule has 0 aliphatic carbocycles. The first kappa shape index (κ1) is 28.4. The Balaban J connectivity index is 1.22. The van der Waals surface area contributed by atoms with Crippen LogP contribution in [0.3, 0.4) is 0 Å². The smallest absolute Gasteiger partial charge is 0.294 e. The number of anilines is 2. The molecule has 12 nitrogen and oxygen atoms in total. The monoisotopic (exact) mass is 580 g/mol. The molecule has 0 radical (unpaired) electrons. The van der Waals surface area contributed by atoms with E-state index in [0.717, 1.165) is 22.9 Å². The van der Waals surface area contributed by atoms with Gasteiger partial charge in [-0.2, -0.15) is 0 Å². The number of hydrogen-bond donors (Lipinski definition) is 2. The predicted molar refractivity (Wildman–Crippen MR) is 146 cm³/mol. The molecule has 4 rings (SSSR count). The molecule has 2 amide bonds. The summed E-state index contributed by atoms with van der Waals surface area (Å²) in [6.07, 6.45) is 0.681. The number of nitrogens with zero attached hydrogens (tertiary/aromatic N) is 4. The summed E-state index contributed by atoms with van der Waals surface area (Å²) in [6.45, 7) is 0.475. The van der Waals surface area contributed by atoms with Crippen molar-refractivity contribution in [2.24, 2.45) is 0 Å². The van der Waals surface area contributed by atoms with Crippen molar-refractivity contribution in [2.45, 2.75) is 37.9 Å². The van der Waals surface area contributed by atoms with E-state index < -0.39 is 24.0 Å². The Labute approximate surface area is 236 Å². The molecule has 206 valence electrons. The second-order valence-electron chi connectivity index (χ2n) is 8.23. The number of carbonyl (C=O) groups is 4. The minimum atomic E-state index is -1.09. The SMILES string of the molecule is O=CO[C@@H](C(=O)Nc1nnc(CCCCc2nnc(NC(=O)[C@H](OC=O)c3ccccc3)s2)s1)c1ccccc1. The molecule has 0 unspecified atom stereocenters. The molecule has 0 spiro atoms. The van der Waals surface area contributed by atoms with Crippen LogP contribution in [0.2, 0.25) is 0 Å². The number of benzene rings is 2. The van der Waals surface area contributed by atoms with E-state index in [9.17, 15) is 19.2 Å². The number of rotatable bonds is 15. The normalized spacial score (nSPS) is 12.1. The lowest BCUT2D eigenvalue weighted by atomic mass is 10.1. The number of nitrogens with one attached hydrogen (secondary N) is 2. The van der Waals surface area contributed by atoms with Gasteiger partial charge in [-0.25, -0.2) is 0 Å². The molecular formula is C26H24N6O6S2. The van der Waals surface area contributed by atoms with Gasteiger partial charge in [0.25, 0.3) is 24.8 Å². The van der Waals surface area contributed by atoms with Gasteiger partial charge in [-0.15, -0.1) is 20.4 Å². The Kier molecular flexibility index (Phi) is 10.4. The van der Waals surface area contributed by atoms with Gasteiger partial charge < -0.3 is 9.47 Å². The molecule has 2 N–H and O–H groups in total. The van der Waals surface area contributed by atoms with Crippen molar-refractivity contribution in [1.29, 1.82) is 0 Å². The lowest BCUT2D eigenvalue weighted by Gasteiger charge is -2.13. The van der Waals surface area contributed by atoms with Gasteiger partial charge >= 0.3 is 0 Å². The number of unbranched alkanes of at least 4 members (excludes halogenated alkanes) is 1. The zero-order chi connectivity index (χ0) is 28.2. The van der Waals surface area contributed by atoms with Crippen LogP contribution in [0.5, 0.6) is 0 Å². The number of aryl methyl sites for hydroxylation is 2. The number of hydrogen-bond acceptors (Lipinski definition) is 12. The first-order chi connectivity index (χ1) is 19.6. The first-order valence-corrected chi connectivity index (χ1v) is 13.7. The quantitative estimate of drug-likeness (QED) is 0.157. The molecule has 14 heteroatoms. The van der Waals surface area contributed by atoms with Crippen LogP contribution in [0, 0.1) is 0 Å². The predicted octanol–water partition coefficient (Wildman–Crippen LogP) is 3.66. The van der Waals surface area contributed by atoms with Gasteiger partial charge in [0, 0.05) is 24.0 Å². The zero-order valence-corrected chi connectivity index (χ0v) is 22.6. The van der Waals surface area contributed by atoms with E-state index in [-0.39, 0.29) is 12.9 Å². The number of ether oxygens (including phenoxy) is 2. The van der Waals surface area contributed by atoms with Crippen molar-refractivity contribution in [3.8, 4) is 0 Å². The second kappa shape index (κ2) is 14.6. The van der Waals surface area contributed by atoms with Crippen molar-refractivity contribution in [1.82, 2.24) is 20.4 Å². The third kappa shape index (κ3) is 7.97. The fourth-order valence-corrected chi connectivity index (χ4v) is 5.22. The number of aromatic nitrogens is 4. The highest BCUT2D eigenvalue weighted by Gasteiger charge is 2.24. The molecule has 40 heavy (non-hydrogen) atoms. The summed E-state index contributed by atoms with van der Waals surface area (Å²) in [5, 5.41) is 23.7. The van der Waals surface area contributed by atoms with E-state index in [1.165, 1.54) is 22.7 Å². The van der Waals surface area contributed by atoms with E-state index in [0.29, 0.717) is 34.2 Å². The Hall–Kier alpha value is -4.56. The lowest BCUT2D eigenvalue weighted by Crippen LogP contribution is -2.23. The van der Waals surface area contributed by atoms with Gasteiger partial charge in [-0.3, -0.25) is 29.8 Å². The van der Waals surface area contributed by atoms with Crippen LogP contribution in [-0.2, 0) is 41.5 Å². The van der Waals surface area contributed by atoms with Gasteiger partial charge in [-0.05, 0) is 12.8 Å². The zero-order valence-electron chi connectivity index (χ0n) is 21.0. The minimum Gasteiger partial charge on any atom is -0.449 e. The van der Waals surface area contributed by atoms with Crippen LogP contribution in [0.1, 0.15) is 46.2 Å². The largest absolute Gasteiger partial charge is 0.449 e. The summed E-state index contributed by atoms with van der Waals surface area (Å²) < 4.78 is 9.93. The molecule has 2 aromatic heterocycles. The van der Waals surface area contributed by atoms with Crippen molar-refractivity contribution < 1.29 is 28.7 Å². The number of carbonyl (C=O) groups excluding carboxylic acids is 4. The van der Waals surface area contributed by atoms with Crippen molar-refractivity contribution >= 4 is 57.7 Å². The van der Waals surface area contributed by atoms with E-state index in [1.54, 1.807) is 60.7 Å². The van der Waals surface area contributed by atoms with Crippen molar-refractivity contribution in [2.75, 3.05) is 10.6 Å². The van der Waals surface area contributed by atoms with Gasteiger partial charge in [0.1, 0.15) is 10.0 Å². The maximum absolute atomic E-state index is 12.6. The molecule has 2 atom stereocenters. The molecule has 2 aromatic carbocycles. The van der Waals surface area contributed by atoms with Crippen LogP contribution < -0.4 is 10.6 Å². The topological polar surface area (TPSA) is 162 Å². The molecule has 4 aromatic rings. The highest BCUT2D eigenvalue weighted by molar-refractivity contribution is 7.15. The molecule has 0 saturated heterocycles. The maximum Gasteiger partial charge on any atom is 0.294 e. The highest BCUT2D eigenvalue weighted by atomic mass is 32.1. The second-order valence-corrected chi connectivity index (χ2v) is 10.4. The van der Waals surface area contributed by atoms with Gasteiger partial charge in [0.15, 0.2) is 0 Å². The standard InChI is InChI=1S/C26H24N6O6S2/c33-15-37-21(17-9-3-1-4-10-17)23(35)27-25-31-29-19(39-25)13-7-8-14-20-30-32-26(40-20)28-24(36)22(38-16-34)18-11-5-2-6-12-18/h1-6,9-12,15-16,21-22H,7-8,13-14H2,(H,27,31,35)(H,28,32,36)/t21-,22-/m1/s1. The van der Waals surface area contributed by atoms with Crippen LogP contribution in [-0.4, -0.2) is 45.2 Å². The fourth-order valence-electron chi connectivity index (χ4n) is 3.65. The third-order valence-corrected chi connectivity index (χ3v) is 7.29. The molecule has 2 heterocycles. The maximum atomic E-state index is 12.6. The van der Waals surface area contributed by atoms with E-state index in [4.69, 9.17) is 9.47 Å². The van der Waals surface area contributed by atoms with E-state index >= 15 is 0 Å².